The summed E-state index contributed by atoms with van der Waals surface area (Å²) >= 11 is 0. The Hall–Kier alpha value is -2.15. The molecule has 0 aliphatic carbocycles. The van der Waals surface area contributed by atoms with Crippen molar-refractivity contribution in [2.24, 2.45) is 4.99 Å². The molecule has 1 aromatic heterocycles. The maximum absolute atomic E-state index is 12.6. The average Bonchev–Trinajstić information content (AvgIpc) is 3.26. The minimum absolute atomic E-state index is 0.0237. The van der Waals surface area contributed by atoms with Crippen molar-refractivity contribution in [3.63, 3.8) is 0 Å². The molecule has 1 N–H and O–H groups in total. The first-order valence-electron chi connectivity index (χ1n) is 10.1. The molecule has 2 fully saturated rings. The molecule has 148 valence electrons. The number of aliphatic imine (C=N–C) groups is 1. The first-order valence-corrected chi connectivity index (χ1v) is 10.1. The molecule has 1 amide bonds. The number of nitrogens with one attached hydrogen (secondary N) is 1. The molecule has 0 saturated carbocycles. The van der Waals surface area contributed by atoms with Gasteiger partial charge in [0.05, 0.1) is 6.04 Å². The van der Waals surface area contributed by atoms with E-state index in [0.717, 1.165) is 76.7 Å². The van der Waals surface area contributed by atoms with E-state index < -0.39 is 0 Å². The summed E-state index contributed by atoms with van der Waals surface area (Å²) in [5, 5.41) is 3.44. The van der Waals surface area contributed by atoms with Crippen LogP contribution in [-0.4, -0.2) is 90.5 Å². The number of guanidine groups is 1. The van der Waals surface area contributed by atoms with E-state index in [4.69, 9.17) is 0 Å². The Morgan fingerprint density at radius 3 is 2.52 bits per heavy atom. The van der Waals surface area contributed by atoms with E-state index in [0.29, 0.717) is 5.91 Å². The van der Waals surface area contributed by atoms with Crippen molar-refractivity contribution in [3.05, 3.63) is 30.1 Å². The molecule has 1 atom stereocenters. The number of likely N-dealkylation sites (tertiary alicyclic amines) is 1. The van der Waals surface area contributed by atoms with Crippen LogP contribution in [0.5, 0.6) is 0 Å². The maximum atomic E-state index is 12.6. The van der Waals surface area contributed by atoms with Gasteiger partial charge in [-0.2, -0.15) is 0 Å². The van der Waals surface area contributed by atoms with Crippen LogP contribution in [0, 0.1) is 0 Å². The Morgan fingerprint density at radius 2 is 1.89 bits per heavy atom. The van der Waals surface area contributed by atoms with E-state index >= 15 is 0 Å². The van der Waals surface area contributed by atoms with Gasteiger partial charge >= 0.3 is 0 Å². The number of hydrogen-bond donors (Lipinski definition) is 1. The van der Waals surface area contributed by atoms with Crippen molar-refractivity contribution in [1.29, 1.82) is 0 Å². The summed E-state index contributed by atoms with van der Waals surface area (Å²) in [6.45, 7) is 8.28. The van der Waals surface area contributed by atoms with Crippen LogP contribution < -0.4 is 5.32 Å². The van der Waals surface area contributed by atoms with Gasteiger partial charge in [0, 0.05) is 71.2 Å². The van der Waals surface area contributed by atoms with Gasteiger partial charge in [0.1, 0.15) is 0 Å². The summed E-state index contributed by atoms with van der Waals surface area (Å²) in [5.41, 5.74) is 1.08. The van der Waals surface area contributed by atoms with Crippen LogP contribution in [0.25, 0.3) is 0 Å². The first-order chi connectivity index (χ1) is 13.2. The van der Waals surface area contributed by atoms with Crippen molar-refractivity contribution < 1.29 is 4.79 Å². The van der Waals surface area contributed by atoms with Crippen LogP contribution in [0.1, 0.15) is 25.5 Å². The zero-order chi connectivity index (χ0) is 19.1. The summed E-state index contributed by atoms with van der Waals surface area (Å²) in [6.07, 6.45) is 4.99. The number of nitrogens with zero attached hydrogens (tertiary/aromatic N) is 5. The minimum atomic E-state index is -0.0237. The second kappa shape index (κ2) is 9.69. The Labute approximate surface area is 162 Å². The number of rotatable bonds is 5. The summed E-state index contributed by atoms with van der Waals surface area (Å²) in [5.74, 6) is 1.22. The lowest BCUT2D eigenvalue weighted by Gasteiger charge is -2.39. The summed E-state index contributed by atoms with van der Waals surface area (Å²) in [6, 6.07) is 5.97. The summed E-state index contributed by atoms with van der Waals surface area (Å²) in [4.78, 5) is 28.0. The van der Waals surface area contributed by atoms with Gasteiger partial charge in [-0.15, -0.1) is 0 Å². The van der Waals surface area contributed by atoms with E-state index in [2.05, 4.69) is 32.0 Å². The Bertz CT molecular complexity index is 621. The van der Waals surface area contributed by atoms with Crippen molar-refractivity contribution >= 4 is 11.9 Å². The lowest BCUT2D eigenvalue weighted by Crippen LogP contribution is -2.57. The SMILES string of the molecule is CN=C(NCCc1ccccn1)N1CCN(C(C)C(=O)N2CCCC2)CC1. The monoisotopic (exact) mass is 372 g/mol. The largest absolute Gasteiger partial charge is 0.356 e. The maximum Gasteiger partial charge on any atom is 0.239 e. The van der Waals surface area contributed by atoms with Gasteiger partial charge in [0.15, 0.2) is 5.96 Å². The highest BCUT2D eigenvalue weighted by Crippen LogP contribution is 2.14. The second-order valence-corrected chi connectivity index (χ2v) is 7.28. The minimum Gasteiger partial charge on any atom is -0.356 e. The third-order valence-corrected chi connectivity index (χ3v) is 5.54. The van der Waals surface area contributed by atoms with Gasteiger partial charge in [-0.05, 0) is 31.9 Å². The molecule has 7 heteroatoms. The number of aromatic nitrogens is 1. The molecule has 2 aliphatic heterocycles. The Balaban J connectivity index is 1.43. The third kappa shape index (κ3) is 5.19. The van der Waals surface area contributed by atoms with Gasteiger partial charge in [-0.1, -0.05) is 6.07 Å². The zero-order valence-electron chi connectivity index (χ0n) is 16.6. The van der Waals surface area contributed by atoms with Crippen LogP contribution in [0.2, 0.25) is 0 Å². The number of carbonyl (C=O) groups excluding carboxylic acids is 1. The number of amides is 1. The lowest BCUT2D eigenvalue weighted by molar-refractivity contribution is -0.135. The number of pyridine rings is 1. The highest BCUT2D eigenvalue weighted by atomic mass is 16.2. The molecule has 0 spiro atoms. The van der Waals surface area contributed by atoms with E-state index in [1.165, 1.54) is 0 Å². The normalized spacial score (nSPS) is 20.0. The quantitative estimate of drug-likeness (QED) is 0.613. The van der Waals surface area contributed by atoms with Crippen LogP contribution >= 0.6 is 0 Å². The fraction of sp³-hybridized carbons (Fsp3) is 0.650. The summed E-state index contributed by atoms with van der Waals surface area (Å²) < 4.78 is 0. The molecule has 1 aromatic rings. The van der Waals surface area contributed by atoms with Gasteiger partial charge in [0.25, 0.3) is 0 Å². The molecule has 27 heavy (non-hydrogen) atoms. The predicted molar refractivity (Wildman–Crippen MR) is 108 cm³/mol. The van der Waals surface area contributed by atoms with Gasteiger partial charge in [0.2, 0.25) is 5.91 Å². The van der Waals surface area contributed by atoms with Gasteiger partial charge in [-0.3, -0.25) is 19.7 Å². The standard InChI is InChI=1S/C20H32N6O/c1-17(19(27)25-11-5-6-12-25)24-13-15-26(16-14-24)20(21-2)23-10-8-18-7-3-4-9-22-18/h3-4,7,9,17H,5-6,8,10-16H2,1-2H3,(H,21,23). The smallest absolute Gasteiger partial charge is 0.239 e. The van der Waals surface area contributed by atoms with Crippen molar-refractivity contribution in [3.8, 4) is 0 Å². The van der Waals surface area contributed by atoms with E-state index in [1.807, 2.05) is 36.3 Å². The van der Waals surface area contributed by atoms with E-state index in [-0.39, 0.29) is 6.04 Å². The van der Waals surface area contributed by atoms with Crippen LogP contribution in [0.4, 0.5) is 0 Å². The second-order valence-electron chi connectivity index (χ2n) is 7.28. The van der Waals surface area contributed by atoms with Crippen LogP contribution in [0.3, 0.4) is 0 Å². The van der Waals surface area contributed by atoms with Crippen molar-refractivity contribution in [1.82, 2.24) is 25.0 Å². The van der Waals surface area contributed by atoms with E-state index in [1.54, 1.807) is 0 Å². The fourth-order valence-electron chi connectivity index (χ4n) is 3.86. The van der Waals surface area contributed by atoms with Crippen molar-refractivity contribution in [2.45, 2.75) is 32.2 Å². The lowest BCUT2D eigenvalue weighted by atomic mass is 10.2. The molecule has 7 nitrogen and oxygen atoms in total. The molecule has 0 aromatic carbocycles. The number of carbonyl (C=O) groups is 1. The molecule has 2 saturated heterocycles. The van der Waals surface area contributed by atoms with Crippen molar-refractivity contribution in [2.75, 3.05) is 52.9 Å². The highest BCUT2D eigenvalue weighted by Gasteiger charge is 2.30. The molecule has 2 aliphatic rings. The number of piperazine rings is 1. The molecular weight excluding hydrogens is 340 g/mol. The molecule has 0 radical (unpaired) electrons. The van der Waals surface area contributed by atoms with Crippen LogP contribution in [-0.2, 0) is 11.2 Å². The van der Waals surface area contributed by atoms with E-state index in [9.17, 15) is 4.79 Å². The topological polar surface area (TPSA) is 64.1 Å². The van der Waals surface area contributed by atoms with Gasteiger partial charge in [-0.25, -0.2) is 0 Å². The Morgan fingerprint density at radius 1 is 1.15 bits per heavy atom. The molecule has 0 bridgehead atoms. The zero-order valence-corrected chi connectivity index (χ0v) is 16.6. The van der Waals surface area contributed by atoms with Gasteiger partial charge < -0.3 is 15.1 Å². The molecule has 3 heterocycles. The first kappa shape index (κ1) is 19.6. The predicted octanol–water partition coefficient (Wildman–Crippen LogP) is 0.828. The highest BCUT2D eigenvalue weighted by molar-refractivity contribution is 5.82. The molecular formula is C20H32N6O. The third-order valence-electron chi connectivity index (χ3n) is 5.54. The summed E-state index contributed by atoms with van der Waals surface area (Å²) in [7, 11) is 1.83. The number of hydrogen-bond acceptors (Lipinski definition) is 4. The molecule has 1 unspecified atom stereocenters. The average molecular weight is 373 g/mol. The molecule has 3 rings (SSSR count). The fourth-order valence-corrected chi connectivity index (χ4v) is 3.86. The van der Waals surface area contributed by atoms with Crippen LogP contribution in [0.15, 0.2) is 29.4 Å². The Kier molecular flexibility index (Phi) is 7.04.